The SMILES string of the molecule is C=C.C=CC.C=CC(=C/CC=O)/C(C=C)=C\C(=C)C(=O)/C(C)=C\c1ccc2c(C3=C/C=C\C=C/C=C/C=C/C(c4ccccc4)=C\3)cccccccc2c1.CC.CC.CO. The average molecular weight is 813 g/mol. The average Bonchev–Trinajstić information content (AvgIpc) is 3.30. The van der Waals surface area contributed by atoms with Gasteiger partial charge >= 0.3 is 0 Å². The Balaban J connectivity index is 0. The topological polar surface area (TPSA) is 54.4 Å². The van der Waals surface area contributed by atoms with Crippen molar-refractivity contribution in [2.24, 2.45) is 0 Å². The predicted octanol–water partition coefficient (Wildman–Crippen LogP) is 15.7. The van der Waals surface area contributed by atoms with E-state index in [-0.39, 0.29) is 12.2 Å². The minimum Gasteiger partial charge on any atom is -0.400 e. The van der Waals surface area contributed by atoms with Crippen molar-refractivity contribution in [1.29, 1.82) is 0 Å². The molecule has 0 saturated carbocycles. The van der Waals surface area contributed by atoms with E-state index in [1.165, 1.54) is 0 Å². The molecule has 1 N–H and O–H groups in total. The molecule has 0 bridgehead atoms. The van der Waals surface area contributed by atoms with Crippen LogP contribution in [0.2, 0.25) is 0 Å². The normalized spacial score (nSPS) is 15.6. The third-order valence-electron chi connectivity index (χ3n) is 7.87. The third kappa shape index (κ3) is 21.6. The van der Waals surface area contributed by atoms with Crippen molar-refractivity contribution in [2.75, 3.05) is 7.11 Å². The summed E-state index contributed by atoms with van der Waals surface area (Å²) >= 11 is 0. The molecule has 3 nitrogen and oxygen atoms in total. The predicted molar refractivity (Wildman–Crippen MR) is 274 cm³/mol. The van der Waals surface area contributed by atoms with E-state index >= 15 is 0 Å². The first-order chi connectivity index (χ1) is 29.9. The Morgan fingerprint density at radius 1 is 0.689 bits per heavy atom. The zero-order chi connectivity index (χ0) is 46.3. The minimum absolute atomic E-state index is 0.187. The number of rotatable bonds is 11. The van der Waals surface area contributed by atoms with E-state index in [9.17, 15) is 9.59 Å². The Morgan fingerprint density at radius 2 is 1.21 bits per heavy atom. The van der Waals surface area contributed by atoms with Gasteiger partial charge in [0.05, 0.1) is 0 Å². The summed E-state index contributed by atoms with van der Waals surface area (Å²) in [4.78, 5) is 24.3. The third-order valence-corrected chi connectivity index (χ3v) is 7.87. The number of benzene rings is 2. The van der Waals surface area contributed by atoms with Crippen LogP contribution in [0.25, 0.3) is 28.0 Å². The molecule has 0 amide bonds. The van der Waals surface area contributed by atoms with E-state index < -0.39 is 0 Å². The molecule has 4 rings (SSSR count). The van der Waals surface area contributed by atoms with E-state index in [1.807, 2.05) is 107 Å². The van der Waals surface area contributed by atoms with Crippen LogP contribution in [0.4, 0.5) is 0 Å². The van der Waals surface area contributed by atoms with Gasteiger partial charge in [-0.15, -0.1) is 19.7 Å². The van der Waals surface area contributed by atoms with Crippen LogP contribution in [0.15, 0.2) is 244 Å². The summed E-state index contributed by atoms with van der Waals surface area (Å²) in [6.07, 6.45) is 32.1. The molecule has 3 aromatic rings. The van der Waals surface area contributed by atoms with Gasteiger partial charge < -0.3 is 9.90 Å². The molecule has 1 aliphatic carbocycles. The van der Waals surface area contributed by atoms with Crippen LogP contribution in [0.5, 0.6) is 0 Å². The minimum atomic E-state index is -0.187. The molecule has 0 aromatic heterocycles. The maximum atomic E-state index is 13.4. The lowest BCUT2D eigenvalue weighted by molar-refractivity contribution is -0.111. The van der Waals surface area contributed by atoms with Crippen molar-refractivity contribution < 1.29 is 14.7 Å². The molecule has 3 heteroatoms. The summed E-state index contributed by atoms with van der Waals surface area (Å²) in [5, 5.41) is 9.07. The number of fused-ring (bicyclic) bond motifs is 1. The van der Waals surface area contributed by atoms with Crippen LogP contribution >= 0.6 is 0 Å². The first-order valence-corrected chi connectivity index (χ1v) is 20.4. The van der Waals surface area contributed by atoms with Crippen LogP contribution < -0.4 is 0 Å². The summed E-state index contributed by atoms with van der Waals surface area (Å²) in [5.74, 6) is -0.187. The summed E-state index contributed by atoms with van der Waals surface area (Å²) in [6, 6.07) is 31.0. The zero-order valence-electron chi connectivity index (χ0n) is 37.7. The summed E-state index contributed by atoms with van der Waals surface area (Å²) in [5.41, 5.74) is 7.45. The van der Waals surface area contributed by atoms with Gasteiger partial charge in [0.15, 0.2) is 5.78 Å². The van der Waals surface area contributed by atoms with Crippen LogP contribution in [-0.2, 0) is 9.59 Å². The van der Waals surface area contributed by atoms with Crippen molar-refractivity contribution in [2.45, 2.75) is 48.0 Å². The van der Waals surface area contributed by atoms with Gasteiger partial charge in [-0.1, -0.05) is 211 Å². The highest BCUT2D eigenvalue weighted by atomic mass is 16.2. The summed E-state index contributed by atoms with van der Waals surface area (Å²) in [6.45, 7) is 32.8. The van der Waals surface area contributed by atoms with E-state index in [0.717, 1.165) is 57.6 Å². The number of hydrogen-bond donors (Lipinski definition) is 1. The Hall–Kier alpha value is -6.94. The number of carbonyl (C=O) groups excluding carboxylic acids is 2. The van der Waals surface area contributed by atoms with E-state index in [4.69, 9.17) is 5.11 Å². The van der Waals surface area contributed by atoms with Crippen molar-refractivity contribution in [3.05, 3.63) is 261 Å². The first kappa shape index (κ1) is 56.2. The lowest BCUT2D eigenvalue weighted by Crippen LogP contribution is -2.02. The maximum Gasteiger partial charge on any atom is 0.188 e. The highest BCUT2D eigenvalue weighted by Crippen LogP contribution is 2.30. The molecule has 318 valence electrons. The molecular formula is C58H68O3. The number of allylic oxidation sites excluding steroid dienone is 21. The Labute approximate surface area is 369 Å². The molecule has 1 aliphatic rings. The van der Waals surface area contributed by atoms with Crippen LogP contribution in [0, 0.1) is 0 Å². The Kier molecular flexibility index (Phi) is 34.4. The molecule has 3 aromatic carbocycles. The monoisotopic (exact) mass is 813 g/mol. The number of aliphatic hydroxyl groups is 1. The van der Waals surface area contributed by atoms with Crippen LogP contribution in [0.3, 0.4) is 0 Å². The first-order valence-electron chi connectivity index (χ1n) is 20.4. The molecule has 0 atom stereocenters. The largest absolute Gasteiger partial charge is 0.400 e. The van der Waals surface area contributed by atoms with E-state index in [0.29, 0.717) is 16.7 Å². The van der Waals surface area contributed by atoms with Crippen molar-refractivity contribution in [3.8, 4) is 0 Å². The number of Topliss-reactive ketones (excluding diaryl/α,β-unsaturated/α-hetero) is 1. The molecular weight excluding hydrogens is 745 g/mol. The fourth-order valence-electron chi connectivity index (χ4n) is 5.36. The van der Waals surface area contributed by atoms with E-state index in [2.05, 4.69) is 124 Å². The van der Waals surface area contributed by atoms with Gasteiger partial charge in [0.25, 0.3) is 0 Å². The quantitative estimate of drug-likeness (QED) is 0.0908. The zero-order valence-corrected chi connectivity index (χ0v) is 37.7. The van der Waals surface area contributed by atoms with Crippen molar-refractivity contribution in [1.82, 2.24) is 0 Å². The lowest BCUT2D eigenvalue weighted by Gasteiger charge is -2.10. The number of carbonyl (C=O) groups is 2. The molecule has 0 radical (unpaired) electrons. The molecule has 0 heterocycles. The molecule has 0 unspecified atom stereocenters. The second-order valence-corrected chi connectivity index (χ2v) is 11.8. The van der Waals surface area contributed by atoms with Gasteiger partial charge in [0.2, 0.25) is 0 Å². The van der Waals surface area contributed by atoms with Gasteiger partial charge in [-0.05, 0) is 93.5 Å². The van der Waals surface area contributed by atoms with Gasteiger partial charge in [0.1, 0.15) is 6.29 Å². The van der Waals surface area contributed by atoms with Crippen molar-refractivity contribution in [3.63, 3.8) is 0 Å². The van der Waals surface area contributed by atoms with E-state index in [1.54, 1.807) is 37.3 Å². The lowest BCUT2D eigenvalue weighted by atomic mass is 9.94. The Morgan fingerprint density at radius 3 is 1.80 bits per heavy atom. The summed E-state index contributed by atoms with van der Waals surface area (Å²) in [7, 11) is 1.00. The van der Waals surface area contributed by atoms with Gasteiger partial charge in [-0.25, -0.2) is 0 Å². The second-order valence-electron chi connectivity index (χ2n) is 11.8. The maximum absolute atomic E-state index is 13.4. The molecule has 0 saturated heterocycles. The molecule has 0 aliphatic heterocycles. The number of hydrogen-bond acceptors (Lipinski definition) is 3. The molecule has 0 fully saturated rings. The smallest absolute Gasteiger partial charge is 0.188 e. The summed E-state index contributed by atoms with van der Waals surface area (Å²) < 4.78 is 0. The van der Waals surface area contributed by atoms with Gasteiger partial charge in [0, 0.05) is 19.1 Å². The van der Waals surface area contributed by atoms with Crippen molar-refractivity contribution >= 4 is 40.1 Å². The fraction of sp³-hybridized carbons (Fsp3) is 0.138. The standard InChI is InChI=1S/C48H42O2.C3H6.2C2H6.C2H4.CH4O/c1-5-40(28-22-32-49)41(6-2)34-38(4)48(50)37(3)33-39-30-31-47-44(35-39)26-17-13-10-14-21-29-46(47)45-27-18-12-9-7-8-11-16-25-43(36-45)42-23-19-15-20-24-42;1-3-2;4*1-2/h5-21,23-36H,1-2,4,22H2,3H3;3H,1H2,2H3;2*1-2H3;1-2H2;2H,1H3/b8-7?,9-7-,11-8+,12-9?,13-10?,14-10?,16-11?,17-13?,18-12-,21-14?,25-16+,26-17?,27-18?,29-21?,37-33-,40-28-,41-34-,43-25?,43-36+,44-26?,45-27+,45-36?,46-29?,47-46?;;;;;. The molecule has 61 heavy (non-hydrogen) atoms. The van der Waals surface area contributed by atoms with Crippen LogP contribution in [0.1, 0.15) is 64.7 Å². The number of aliphatic hydroxyl groups excluding tert-OH is 1. The Bertz CT molecular complexity index is 2170. The second kappa shape index (κ2) is 37.3. The van der Waals surface area contributed by atoms with Gasteiger partial charge in [-0.3, -0.25) is 4.79 Å². The van der Waals surface area contributed by atoms with Crippen LogP contribution in [-0.4, -0.2) is 24.3 Å². The fourth-order valence-corrected chi connectivity index (χ4v) is 5.36. The number of aldehydes is 1. The highest BCUT2D eigenvalue weighted by molar-refractivity contribution is 6.12. The number of ketones is 1. The van der Waals surface area contributed by atoms with Gasteiger partial charge in [-0.2, -0.15) is 0 Å². The molecule has 0 spiro atoms. The highest BCUT2D eigenvalue weighted by Gasteiger charge is 2.11.